The fourth-order valence-electron chi connectivity index (χ4n) is 2.72. The molecule has 0 radical (unpaired) electrons. The van der Waals surface area contributed by atoms with Gasteiger partial charge in [-0.1, -0.05) is 12.1 Å². The van der Waals surface area contributed by atoms with Gasteiger partial charge in [-0.2, -0.15) is 0 Å². The summed E-state index contributed by atoms with van der Waals surface area (Å²) in [5.74, 6) is 0. The Balaban J connectivity index is 2.06. The van der Waals surface area contributed by atoms with E-state index >= 15 is 0 Å². The lowest BCUT2D eigenvalue weighted by molar-refractivity contribution is 1.64. The van der Waals surface area contributed by atoms with Crippen molar-refractivity contribution in [2.75, 3.05) is 0 Å². The molecule has 120 valence electrons. The van der Waals surface area contributed by atoms with Gasteiger partial charge in [0.05, 0.1) is 0 Å². The molecule has 0 spiro atoms. The molecule has 0 bridgehead atoms. The number of hydrogen-bond donors (Lipinski definition) is 0. The van der Waals surface area contributed by atoms with Crippen LogP contribution in [0.15, 0.2) is 59.3 Å². The Morgan fingerprint density at radius 2 is 1.04 bits per heavy atom. The molecule has 4 heterocycles. The highest BCUT2D eigenvalue weighted by molar-refractivity contribution is 7.17. The molecule has 4 heteroatoms. The summed E-state index contributed by atoms with van der Waals surface area (Å²) in [6.45, 7) is 4.36. The molecule has 0 nitrogen and oxygen atoms in total. The third kappa shape index (κ3) is 3.07. The lowest BCUT2D eigenvalue weighted by atomic mass is 10.0. The van der Waals surface area contributed by atoms with Gasteiger partial charge in [0, 0.05) is 40.4 Å². The molecule has 0 aliphatic heterocycles. The largest absolute Gasteiger partial charge is 0.144 e. The van der Waals surface area contributed by atoms with Crippen molar-refractivity contribution in [1.29, 1.82) is 0 Å². The van der Waals surface area contributed by atoms with Gasteiger partial charge < -0.3 is 0 Å². The van der Waals surface area contributed by atoms with E-state index in [0.29, 0.717) is 0 Å². The predicted octanol–water partition coefficient (Wildman–Crippen LogP) is 7.56. The molecule has 0 saturated carbocycles. The second kappa shape index (κ2) is 6.81. The Morgan fingerprint density at radius 3 is 1.33 bits per heavy atom. The van der Waals surface area contributed by atoms with E-state index in [0.717, 1.165) is 0 Å². The third-order valence-electron chi connectivity index (χ3n) is 3.76. The van der Waals surface area contributed by atoms with Crippen molar-refractivity contribution in [2.24, 2.45) is 0 Å². The van der Waals surface area contributed by atoms with E-state index < -0.39 is 0 Å². The second-order valence-corrected chi connectivity index (χ2v) is 10.00. The van der Waals surface area contributed by atoms with Gasteiger partial charge in [0.15, 0.2) is 0 Å². The van der Waals surface area contributed by atoms with Crippen LogP contribution in [0.4, 0.5) is 0 Å². The first-order valence-electron chi connectivity index (χ1n) is 7.68. The lowest BCUT2D eigenvalue weighted by Crippen LogP contribution is -1.90. The lowest BCUT2D eigenvalue weighted by Gasteiger charge is -2.11. The zero-order valence-corrected chi connectivity index (χ0v) is 16.7. The van der Waals surface area contributed by atoms with Gasteiger partial charge in [0.1, 0.15) is 0 Å². The molecule has 0 amide bonds. The zero-order chi connectivity index (χ0) is 16.5. The van der Waals surface area contributed by atoms with Gasteiger partial charge >= 0.3 is 0 Å². The Labute approximate surface area is 158 Å². The number of rotatable bonds is 4. The maximum Gasteiger partial charge on any atom is 0.0366 e. The Kier molecular flexibility index (Phi) is 4.55. The van der Waals surface area contributed by atoms with Crippen LogP contribution in [0.5, 0.6) is 0 Å². The maximum atomic E-state index is 2.27. The van der Waals surface area contributed by atoms with Gasteiger partial charge in [-0.3, -0.25) is 0 Å². The summed E-state index contributed by atoms with van der Waals surface area (Å²) in [7, 11) is 0. The molecule has 4 aromatic heterocycles. The van der Waals surface area contributed by atoms with Gasteiger partial charge in [-0.25, -0.2) is 0 Å². The predicted molar refractivity (Wildman–Crippen MR) is 112 cm³/mol. The third-order valence-corrected chi connectivity index (χ3v) is 7.57. The molecule has 0 saturated heterocycles. The van der Waals surface area contributed by atoms with Crippen LogP contribution in [0.1, 0.15) is 29.3 Å². The highest BCUT2D eigenvalue weighted by Crippen LogP contribution is 2.43. The van der Waals surface area contributed by atoms with E-state index in [1.165, 1.54) is 40.4 Å². The van der Waals surface area contributed by atoms with E-state index in [9.17, 15) is 0 Å². The highest BCUT2D eigenvalue weighted by atomic mass is 32.1. The van der Waals surface area contributed by atoms with Crippen LogP contribution in [-0.4, -0.2) is 0 Å². The van der Waals surface area contributed by atoms with Crippen molar-refractivity contribution in [3.05, 3.63) is 88.6 Å². The highest BCUT2D eigenvalue weighted by Gasteiger charge is 2.19. The fraction of sp³-hybridized carbons (Fsp3) is 0.100. The van der Waals surface area contributed by atoms with Crippen molar-refractivity contribution in [3.8, 4) is 0 Å². The van der Waals surface area contributed by atoms with Crippen LogP contribution in [0.3, 0.4) is 0 Å². The molecule has 4 rings (SSSR count). The molecule has 0 atom stereocenters. The summed E-state index contributed by atoms with van der Waals surface area (Å²) < 4.78 is 0. The molecule has 0 aliphatic rings. The molecule has 0 unspecified atom stereocenters. The second-order valence-electron chi connectivity index (χ2n) is 5.53. The minimum atomic E-state index is 1.34. The normalized spacial score (nSPS) is 12.4. The standard InChI is InChI=1S/C20H16S4/c1-13-7-9-17(23-13)19(15-5-3-11-21-15)20(16-6-4-12-22-16)18-10-8-14(2)24-18/h3-12H,1-2H3/b20-19+. The summed E-state index contributed by atoms with van der Waals surface area (Å²) in [4.78, 5) is 8.09. The van der Waals surface area contributed by atoms with Crippen LogP contribution in [-0.2, 0) is 0 Å². The minimum Gasteiger partial charge on any atom is -0.144 e. The summed E-state index contributed by atoms with van der Waals surface area (Å²) in [6.07, 6.45) is 0. The fourth-order valence-corrected chi connectivity index (χ4v) is 6.29. The molecule has 24 heavy (non-hydrogen) atoms. The average molecular weight is 385 g/mol. The Hall–Kier alpha value is -1.46. The molecule has 0 aliphatic carbocycles. The SMILES string of the molecule is Cc1ccc(/C(=C(\c2cccs2)c2ccc(C)s2)c2cccs2)s1. The van der Waals surface area contributed by atoms with Crippen molar-refractivity contribution in [1.82, 2.24) is 0 Å². The first-order chi connectivity index (χ1) is 11.7. The minimum absolute atomic E-state index is 1.34. The Bertz CT molecular complexity index is 882. The quantitative estimate of drug-likeness (QED) is 0.340. The molecule has 0 fully saturated rings. The van der Waals surface area contributed by atoms with Crippen LogP contribution < -0.4 is 0 Å². The molecule has 0 aromatic carbocycles. The van der Waals surface area contributed by atoms with Gasteiger partial charge in [0.25, 0.3) is 0 Å². The summed E-state index contributed by atoms with van der Waals surface area (Å²) >= 11 is 7.40. The number of aryl methyl sites for hydroxylation is 2. The Morgan fingerprint density at radius 1 is 0.583 bits per heavy atom. The zero-order valence-electron chi connectivity index (χ0n) is 13.4. The van der Waals surface area contributed by atoms with Crippen molar-refractivity contribution < 1.29 is 0 Å². The van der Waals surface area contributed by atoms with Gasteiger partial charge in [-0.15, -0.1) is 45.3 Å². The van der Waals surface area contributed by atoms with E-state index in [1.807, 2.05) is 45.3 Å². The first-order valence-corrected chi connectivity index (χ1v) is 11.1. The van der Waals surface area contributed by atoms with Crippen molar-refractivity contribution in [3.63, 3.8) is 0 Å². The van der Waals surface area contributed by atoms with Gasteiger partial charge in [0.2, 0.25) is 0 Å². The number of hydrogen-bond acceptors (Lipinski definition) is 4. The topological polar surface area (TPSA) is 0 Å². The van der Waals surface area contributed by atoms with Crippen LogP contribution in [0.25, 0.3) is 11.1 Å². The summed E-state index contributed by atoms with van der Waals surface area (Å²) in [6, 6.07) is 17.7. The maximum absolute atomic E-state index is 2.27. The first kappa shape index (κ1) is 16.0. The molecule has 0 N–H and O–H groups in total. The van der Waals surface area contributed by atoms with Crippen molar-refractivity contribution in [2.45, 2.75) is 13.8 Å². The summed E-state index contributed by atoms with van der Waals surface area (Å²) in [5.41, 5.74) is 2.74. The molecular formula is C20H16S4. The van der Waals surface area contributed by atoms with Gasteiger partial charge in [-0.05, 0) is 61.0 Å². The average Bonchev–Trinajstić information content (AvgIpc) is 3.34. The van der Waals surface area contributed by atoms with Crippen LogP contribution in [0, 0.1) is 13.8 Å². The molecular weight excluding hydrogens is 368 g/mol. The van der Waals surface area contributed by atoms with Crippen LogP contribution in [0.2, 0.25) is 0 Å². The molecule has 4 aromatic rings. The van der Waals surface area contributed by atoms with E-state index in [1.54, 1.807) is 0 Å². The van der Waals surface area contributed by atoms with E-state index in [-0.39, 0.29) is 0 Å². The monoisotopic (exact) mass is 384 g/mol. The van der Waals surface area contributed by atoms with E-state index in [2.05, 4.69) is 73.1 Å². The van der Waals surface area contributed by atoms with Crippen molar-refractivity contribution >= 4 is 56.5 Å². The number of thiophene rings is 4. The van der Waals surface area contributed by atoms with E-state index in [4.69, 9.17) is 0 Å². The van der Waals surface area contributed by atoms with Crippen LogP contribution >= 0.6 is 45.3 Å². The summed E-state index contributed by atoms with van der Waals surface area (Å²) in [5, 5.41) is 4.34. The smallest absolute Gasteiger partial charge is 0.0366 e.